The average Bonchev–Trinajstić information content (AvgIpc) is 2.27. The highest BCUT2D eigenvalue weighted by Crippen LogP contribution is 2.05. The van der Waals surface area contributed by atoms with Gasteiger partial charge in [0.1, 0.15) is 12.1 Å². The van der Waals surface area contributed by atoms with E-state index in [1.165, 1.54) is 6.33 Å². The van der Waals surface area contributed by atoms with Gasteiger partial charge in [-0.05, 0) is 6.42 Å². The fourth-order valence-electron chi connectivity index (χ4n) is 1.15. The zero-order valence-electron chi connectivity index (χ0n) is 9.08. The first-order valence-corrected chi connectivity index (χ1v) is 5.01. The highest BCUT2D eigenvalue weighted by atomic mass is 16.1. The predicted octanol–water partition coefficient (Wildman–Crippen LogP) is 0.587. The van der Waals surface area contributed by atoms with Crippen molar-refractivity contribution in [2.45, 2.75) is 19.8 Å². The van der Waals surface area contributed by atoms with Gasteiger partial charge >= 0.3 is 0 Å². The average molecular weight is 208 g/mol. The highest BCUT2D eigenvalue weighted by molar-refractivity contribution is 5.79. The van der Waals surface area contributed by atoms with Crippen molar-refractivity contribution in [1.29, 1.82) is 0 Å². The van der Waals surface area contributed by atoms with Crippen LogP contribution in [0.2, 0.25) is 0 Å². The van der Waals surface area contributed by atoms with Gasteiger partial charge in [-0.25, -0.2) is 9.97 Å². The van der Waals surface area contributed by atoms with Gasteiger partial charge in [0.15, 0.2) is 0 Å². The van der Waals surface area contributed by atoms with E-state index in [0.717, 1.165) is 18.5 Å². The number of aromatic nitrogens is 2. The van der Waals surface area contributed by atoms with Crippen molar-refractivity contribution in [3.63, 3.8) is 0 Å². The molecule has 2 N–H and O–H groups in total. The van der Waals surface area contributed by atoms with Gasteiger partial charge in [-0.1, -0.05) is 13.3 Å². The third-order valence-electron chi connectivity index (χ3n) is 1.94. The SMILES string of the molecule is CCCc1cc(NCC(=O)NC)ncn1. The second kappa shape index (κ2) is 5.95. The van der Waals surface area contributed by atoms with E-state index in [4.69, 9.17) is 0 Å². The minimum atomic E-state index is -0.0642. The summed E-state index contributed by atoms with van der Waals surface area (Å²) in [5.41, 5.74) is 0.993. The molecular formula is C10H16N4O. The number of hydrogen-bond donors (Lipinski definition) is 2. The van der Waals surface area contributed by atoms with Crippen LogP contribution in [0.15, 0.2) is 12.4 Å². The minimum Gasteiger partial charge on any atom is -0.361 e. The van der Waals surface area contributed by atoms with E-state index in [1.807, 2.05) is 6.07 Å². The van der Waals surface area contributed by atoms with Gasteiger partial charge in [-0.3, -0.25) is 4.79 Å². The topological polar surface area (TPSA) is 66.9 Å². The molecule has 0 saturated heterocycles. The molecule has 0 bridgehead atoms. The molecule has 82 valence electrons. The Labute approximate surface area is 89.3 Å². The van der Waals surface area contributed by atoms with E-state index < -0.39 is 0 Å². The van der Waals surface area contributed by atoms with Crippen molar-refractivity contribution in [3.8, 4) is 0 Å². The Morgan fingerprint density at radius 1 is 1.47 bits per heavy atom. The first-order chi connectivity index (χ1) is 7.26. The number of anilines is 1. The molecule has 5 nitrogen and oxygen atoms in total. The lowest BCUT2D eigenvalue weighted by molar-refractivity contribution is -0.118. The fraction of sp³-hybridized carbons (Fsp3) is 0.500. The number of nitrogens with zero attached hydrogens (tertiary/aromatic N) is 2. The third-order valence-corrected chi connectivity index (χ3v) is 1.94. The van der Waals surface area contributed by atoms with Crippen LogP contribution < -0.4 is 10.6 Å². The summed E-state index contributed by atoms with van der Waals surface area (Å²) in [5.74, 6) is 0.628. The number of amides is 1. The number of carbonyl (C=O) groups excluding carboxylic acids is 1. The summed E-state index contributed by atoms with van der Waals surface area (Å²) in [6.07, 6.45) is 3.49. The van der Waals surface area contributed by atoms with E-state index in [2.05, 4.69) is 27.5 Å². The Balaban J connectivity index is 2.53. The number of aryl methyl sites for hydroxylation is 1. The van der Waals surface area contributed by atoms with Crippen LogP contribution in [0, 0.1) is 0 Å². The van der Waals surface area contributed by atoms with E-state index in [0.29, 0.717) is 5.82 Å². The lowest BCUT2D eigenvalue weighted by Crippen LogP contribution is -2.26. The third kappa shape index (κ3) is 3.93. The van der Waals surface area contributed by atoms with E-state index in [9.17, 15) is 4.79 Å². The molecule has 1 heterocycles. The Morgan fingerprint density at radius 3 is 2.93 bits per heavy atom. The molecule has 1 amide bonds. The van der Waals surface area contributed by atoms with Crippen LogP contribution in [0.1, 0.15) is 19.0 Å². The Hall–Kier alpha value is -1.65. The van der Waals surface area contributed by atoms with E-state index in [-0.39, 0.29) is 12.5 Å². The largest absolute Gasteiger partial charge is 0.361 e. The molecule has 0 atom stereocenters. The van der Waals surface area contributed by atoms with Crippen molar-refractivity contribution in [3.05, 3.63) is 18.1 Å². The highest BCUT2D eigenvalue weighted by Gasteiger charge is 2.00. The van der Waals surface area contributed by atoms with Gasteiger partial charge in [0.05, 0.1) is 6.54 Å². The van der Waals surface area contributed by atoms with Crippen LogP contribution in [0.4, 0.5) is 5.82 Å². The quantitative estimate of drug-likeness (QED) is 0.743. The molecule has 1 aromatic heterocycles. The zero-order valence-corrected chi connectivity index (χ0v) is 9.08. The minimum absolute atomic E-state index is 0.0642. The first kappa shape index (κ1) is 11.4. The van der Waals surface area contributed by atoms with Crippen molar-refractivity contribution in [1.82, 2.24) is 15.3 Å². The Morgan fingerprint density at radius 2 is 2.27 bits per heavy atom. The summed E-state index contributed by atoms with van der Waals surface area (Å²) in [5, 5.41) is 5.46. The molecule has 0 aromatic carbocycles. The van der Waals surface area contributed by atoms with Gasteiger partial charge in [-0.15, -0.1) is 0 Å². The summed E-state index contributed by atoms with van der Waals surface area (Å²) < 4.78 is 0. The smallest absolute Gasteiger partial charge is 0.239 e. The lowest BCUT2D eigenvalue weighted by Gasteiger charge is -2.05. The zero-order chi connectivity index (χ0) is 11.1. The maximum atomic E-state index is 11.0. The number of rotatable bonds is 5. The molecule has 0 saturated carbocycles. The second-order valence-electron chi connectivity index (χ2n) is 3.17. The first-order valence-electron chi connectivity index (χ1n) is 5.01. The number of carbonyl (C=O) groups is 1. The monoisotopic (exact) mass is 208 g/mol. The molecule has 1 aromatic rings. The molecular weight excluding hydrogens is 192 g/mol. The summed E-state index contributed by atoms with van der Waals surface area (Å²) in [4.78, 5) is 19.1. The maximum Gasteiger partial charge on any atom is 0.239 e. The van der Waals surface area contributed by atoms with Crippen molar-refractivity contribution < 1.29 is 4.79 Å². The predicted molar refractivity (Wildman–Crippen MR) is 58.6 cm³/mol. The van der Waals surface area contributed by atoms with Crippen molar-refractivity contribution >= 4 is 11.7 Å². The molecule has 0 aliphatic carbocycles. The Bertz CT molecular complexity index is 327. The van der Waals surface area contributed by atoms with Gasteiger partial charge in [0, 0.05) is 18.8 Å². The summed E-state index contributed by atoms with van der Waals surface area (Å²) in [6, 6.07) is 1.87. The van der Waals surface area contributed by atoms with Crippen molar-refractivity contribution in [2.24, 2.45) is 0 Å². The molecule has 1 rings (SSSR count). The van der Waals surface area contributed by atoms with Crippen LogP contribution in [0.3, 0.4) is 0 Å². The molecule has 0 aliphatic rings. The van der Waals surface area contributed by atoms with Crippen molar-refractivity contribution in [2.75, 3.05) is 18.9 Å². The maximum absolute atomic E-state index is 11.0. The lowest BCUT2D eigenvalue weighted by atomic mass is 10.2. The second-order valence-corrected chi connectivity index (χ2v) is 3.17. The van der Waals surface area contributed by atoms with Crippen LogP contribution in [-0.2, 0) is 11.2 Å². The molecule has 0 aliphatic heterocycles. The van der Waals surface area contributed by atoms with Crippen LogP contribution in [0.5, 0.6) is 0 Å². The molecule has 0 radical (unpaired) electrons. The standard InChI is InChI=1S/C10H16N4O/c1-3-4-8-5-9(14-7-13-8)12-6-10(15)11-2/h5,7H,3-4,6H2,1-2H3,(H,11,15)(H,12,13,14). The normalized spacial score (nSPS) is 9.73. The fourth-order valence-corrected chi connectivity index (χ4v) is 1.15. The molecule has 0 fully saturated rings. The van der Waals surface area contributed by atoms with Crippen LogP contribution in [0.25, 0.3) is 0 Å². The van der Waals surface area contributed by atoms with Gasteiger partial charge in [-0.2, -0.15) is 0 Å². The van der Waals surface area contributed by atoms with Gasteiger partial charge in [0.2, 0.25) is 5.91 Å². The number of hydrogen-bond acceptors (Lipinski definition) is 4. The van der Waals surface area contributed by atoms with Gasteiger partial charge in [0.25, 0.3) is 0 Å². The Kier molecular flexibility index (Phi) is 4.53. The summed E-state index contributed by atoms with van der Waals surface area (Å²) in [7, 11) is 1.60. The summed E-state index contributed by atoms with van der Waals surface area (Å²) >= 11 is 0. The molecule has 0 spiro atoms. The molecule has 5 heteroatoms. The van der Waals surface area contributed by atoms with E-state index in [1.54, 1.807) is 7.05 Å². The van der Waals surface area contributed by atoms with Crippen LogP contribution >= 0.6 is 0 Å². The number of nitrogens with one attached hydrogen (secondary N) is 2. The molecule has 15 heavy (non-hydrogen) atoms. The number of likely N-dealkylation sites (N-methyl/N-ethyl adjacent to an activating group) is 1. The summed E-state index contributed by atoms with van der Waals surface area (Å²) in [6.45, 7) is 2.33. The van der Waals surface area contributed by atoms with Gasteiger partial charge < -0.3 is 10.6 Å². The van der Waals surface area contributed by atoms with Crippen LogP contribution in [-0.4, -0.2) is 29.5 Å². The molecule has 0 unspecified atom stereocenters. The van der Waals surface area contributed by atoms with E-state index >= 15 is 0 Å².